The van der Waals surface area contributed by atoms with Crippen molar-refractivity contribution in [2.45, 2.75) is 43.4 Å². The normalized spacial score (nSPS) is 26.8. The van der Waals surface area contributed by atoms with Crippen LogP contribution < -0.4 is 15.5 Å². The number of carbonyl (C=O) groups is 1. The van der Waals surface area contributed by atoms with E-state index in [4.69, 9.17) is 0 Å². The Labute approximate surface area is 187 Å². The van der Waals surface area contributed by atoms with Gasteiger partial charge >= 0.3 is 6.18 Å². The number of carbonyl (C=O) groups excluding carboxylic acids is 1. The molecule has 1 spiro atoms. The number of nitrogens with zero attached hydrogens (tertiary/aromatic N) is 2. The first-order chi connectivity index (χ1) is 15.7. The number of pyridine rings is 1. The van der Waals surface area contributed by atoms with Crippen molar-refractivity contribution >= 4 is 11.6 Å². The van der Waals surface area contributed by atoms with E-state index < -0.39 is 35.7 Å². The molecular formula is C23H23F5N4O. The molecule has 3 atom stereocenters. The fraction of sp³-hybridized carbons (Fsp3) is 0.478. The van der Waals surface area contributed by atoms with Gasteiger partial charge in [-0.25, -0.2) is 8.78 Å². The minimum Gasteiger partial charge on any atom is -0.368 e. The highest BCUT2D eigenvalue weighted by Crippen LogP contribution is 2.45. The Morgan fingerprint density at radius 3 is 2.55 bits per heavy atom. The first-order valence-corrected chi connectivity index (χ1v) is 11.0. The van der Waals surface area contributed by atoms with Gasteiger partial charge in [-0.3, -0.25) is 9.78 Å². The first kappa shape index (κ1) is 22.1. The lowest BCUT2D eigenvalue weighted by molar-refractivity contribution is -0.148. The molecule has 5 nitrogen and oxygen atoms in total. The van der Waals surface area contributed by atoms with Gasteiger partial charge in [0.15, 0.2) is 0 Å². The van der Waals surface area contributed by atoms with Gasteiger partial charge in [0.25, 0.3) is 5.91 Å². The van der Waals surface area contributed by atoms with Gasteiger partial charge in [0.05, 0.1) is 17.2 Å². The van der Waals surface area contributed by atoms with Crippen molar-refractivity contribution in [2.75, 3.05) is 24.5 Å². The zero-order valence-electron chi connectivity index (χ0n) is 17.7. The highest BCUT2D eigenvalue weighted by molar-refractivity contribution is 6.03. The molecule has 1 aromatic carbocycles. The van der Waals surface area contributed by atoms with E-state index in [0.717, 1.165) is 44.0 Å². The maximum Gasteiger partial charge on any atom is 0.393 e. The van der Waals surface area contributed by atoms with E-state index in [1.165, 1.54) is 12.4 Å². The van der Waals surface area contributed by atoms with Gasteiger partial charge in [0, 0.05) is 48.7 Å². The summed E-state index contributed by atoms with van der Waals surface area (Å²) in [5.41, 5.74) is 0.991. The van der Waals surface area contributed by atoms with Gasteiger partial charge in [0.1, 0.15) is 11.6 Å². The second-order valence-corrected chi connectivity index (χ2v) is 9.19. The number of alkyl halides is 3. The van der Waals surface area contributed by atoms with Crippen LogP contribution in [-0.4, -0.2) is 48.3 Å². The minimum absolute atomic E-state index is 0.0973. The quantitative estimate of drug-likeness (QED) is 0.668. The Morgan fingerprint density at radius 2 is 1.91 bits per heavy atom. The molecule has 10 heteroatoms. The number of nitrogens with one attached hydrogen (secondary N) is 2. The monoisotopic (exact) mass is 466 g/mol. The Morgan fingerprint density at radius 1 is 1.15 bits per heavy atom. The summed E-state index contributed by atoms with van der Waals surface area (Å²) in [6.45, 7) is 2.06. The summed E-state index contributed by atoms with van der Waals surface area (Å²) in [5, 5.41) is 5.98. The van der Waals surface area contributed by atoms with E-state index in [2.05, 4.69) is 15.6 Å². The summed E-state index contributed by atoms with van der Waals surface area (Å²) >= 11 is 0. The molecule has 3 fully saturated rings. The molecule has 5 rings (SSSR count). The Balaban J connectivity index is 1.52. The largest absolute Gasteiger partial charge is 0.393 e. The maximum absolute atomic E-state index is 14.0. The van der Waals surface area contributed by atoms with Crippen LogP contribution in [0.4, 0.5) is 27.6 Å². The van der Waals surface area contributed by atoms with Crippen molar-refractivity contribution in [1.82, 2.24) is 15.6 Å². The highest BCUT2D eigenvalue weighted by Gasteiger charge is 2.56. The lowest BCUT2D eigenvalue weighted by Crippen LogP contribution is -2.42. The van der Waals surface area contributed by atoms with Crippen molar-refractivity contribution in [2.24, 2.45) is 5.92 Å². The fourth-order valence-electron chi connectivity index (χ4n) is 5.12. The lowest BCUT2D eigenvalue weighted by Gasteiger charge is -2.28. The second-order valence-electron chi connectivity index (χ2n) is 9.19. The van der Waals surface area contributed by atoms with E-state index >= 15 is 0 Å². The van der Waals surface area contributed by atoms with Crippen LogP contribution in [0.5, 0.6) is 0 Å². The molecule has 1 aliphatic carbocycles. The number of rotatable bonds is 4. The van der Waals surface area contributed by atoms with Gasteiger partial charge in [-0.05, 0) is 49.9 Å². The third-order valence-corrected chi connectivity index (χ3v) is 6.87. The van der Waals surface area contributed by atoms with Gasteiger partial charge in [-0.1, -0.05) is 0 Å². The number of amides is 1. The SMILES string of the molecule is O=C(N[C@H]1C[C@H]1C(F)(F)F)c1cncc(-c2cc(F)cc(F)c2)c1N1CC[C@@]2(CCCN2)C1. The summed E-state index contributed by atoms with van der Waals surface area (Å²) in [5.74, 6) is -3.77. The summed E-state index contributed by atoms with van der Waals surface area (Å²) in [6, 6.07) is 2.09. The molecule has 176 valence electrons. The molecule has 2 N–H and O–H groups in total. The van der Waals surface area contributed by atoms with Crippen molar-refractivity contribution in [3.63, 3.8) is 0 Å². The number of hydrogen-bond acceptors (Lipinski definition) is 4. The molecule has 2 aromatic rings. The van der Waals surface area contributed by atoms with Crippen LogP contribution in [0.3, 0.4) is 0 Å². The number of halogens is 5. The van der Waals surface area contributed by atoms with Crippen molar-refractivity contribution in [3.05, 3.63) is 47.8 Å². The lowest BCUT2D eigenvalue weighted by atomic mass is 9.96. The molecular weight excluding hydrogens is 443 g/mol. The number of anilines is 1. The van der Waals surface area contributed by atoms with Crippen LogP contribution >= 0.6 is 0 Å². The van der Waals surface area contributed by atoms with Gasteiger partial charge in [-0.2, -0.15) is 13.2 Å². The molecule has 1 amide bonds. The van der Waals surface area contributed by atoms with Crippen LogP contribution in [0.15, 0.2) is 30.6 Å². The molecule has 0 unspecified atom stereocenters. The molecule has 2 aliphatic heterocycles. The third-order valence-electron chi connectivity index (χ3n) is 6.87. The van der Waals surface area contributed by atoms with Crippen LogP contribution in [0.2, 0.25) is 0 Å². The molecule has 33 heavy (non-hydrogen) atoms. The predicted octanol–water partition coefficient (Wildman–Crippen LogP) is 4.04. The second kappa shape index (κ2) is 7.93. The van der Waals surface area contributed by atoms with Crippen molar-refractivity contribution < 1.29 is 26.7 Å². The van der Waals surface area contributed by atoms with Gasteiger partial charge in [0.2, 0.25) is 0 Å². The number of hydrogen-bond donors (Lipinski definition) is 2. The van der Waals surface area contributed by atoms with Crippen LogP contribution in [0.1, 0.15) is 36.0 Å². The number of benzene rings is 1. The summed E-state index contributed by atoms with van der Waals surface area (Å²) < 4.78 is 66.8. The van der Waals surface area contributed by atoms with Crippen molar-refractivity contribution in [1.29, 1.82) is 0 Å². The van der Waals surface area contributed by atoms with Crippen LogP contribution in [-0.2, 0) is 0 Å². The average molecular weight is 466 g/mol. The fourth-order valence-corrected chi connectivity index (χ4v) is 5.12. The topological polar surface area (TPSA) is 57.3 Å². The van der Waals surface area contributed by atoms with E-state index in [0.29, 0.717) is 24.3 Å². The summed E-state index contributed by atoms with van der Waals surface area (Å²) in [4.78, 5) is 19.1. The summed E-state index contributed by atoms with van der Waals surface area (Å²) in [6.07, 6.45) is 1.03. The Hall–Kier alpha value is -2.75. The van der Waals surface area contributed by atoms with E-state index in [1.54, 1.807) is 0 Å². The van der Waals surface area contributed by atoms with E-state index in [-0.39, 0.29) is 23.1 Å². The smallest absolute Gasteiger partial charge is 0.368 e. The highest BCUT2D eigenvalue weighted by atomic mass is 19.4. The molecule has 3 aliphatic rings. The predicted molar refractivity (Wildman–Crippen MR) is 112 cm³/mol. The van der Waals surface area contributed by atoms with Crippen LogP contribution in [0.25, 0.3) is 11.1 Å². The Bertz CT molecular complexity index is 1060. The minimum atomic E-state index is -4.37. The molecule has 0 bridgehead atoms. The third kappa shape index (κ3) is 4.28. The number of aromatic nitrogens is 1. The molecule has 3 heterocycles. The first-order valence-electron chi connectivity index (χ1n) is 11.0. The zero-order chi connectivity index (χ0) is 23.4. The van der Waals surface area contributed by atoms with E-state index in [9.17, 15) is 26.7 Å². The van der Waals surface area contributed by atoms with Crippen molar-refractivity contribution in [3.8, 4) is 11.1 Å². The average Bonchev–Trinajstić information content (AvgIpc) is 3.20. The molecule has 0 radical (unpaired) electrons. The standard InChI is InChI=1S/C23H23F5N4O/c24-14-6-13(7-15(25)8-14)16-10-29-11-17(21(33)31-19-9-18(19)23(26,27)28)20(16)32-5-3-22(12-32)2-1-4-30-22/h6-8,10-11,18-19,30H,1-5,9,12H2,(H,31,33)/t18-,19+,22+/m1/s1. The Kier molecular flexibility index (Phi) is 5.30. The van der Waals surface area contributed by atoms with Gasteiger partial charge in [-0.15, -0.1) is 0 Å². The zero-order valence-corrected chi connectivity index (χ0v) is 17.7. The molecule has 1 aromatic heterocycles. The maximum atomic E-state index is 14.0. The van der Waals surface area contributed by atoms with Gasteiger partial charge < -0.3 is 15.5 Å². The summed E-state index contributed by atoms with van der Waals surface area (Å²) in [7, 11) is 0. The van der Waals surface area contributed by atoms with Crippen LogP contribution in [0, 0.1) is 17.6 Å². The molecule has 1 saturated carbocycles. The van der Waals surface area contributed by atoms with E-state index in [1.807, 2.05) is 4.90 Å². The molecule has 2 saturated heterocycles.